The molecule has 0 aliphatic carbocycles. The van der Waals surface area contributed by atoms with Crippen LogP contribution in [-0.4, -0.2) is 39.0 Å². The van der Waals surface area contributed by atoms with Crippen molar-refractivity contribution in [3.63, 3.8) is 0 Å². The summed E-state index contributed by atoms with van der Waals surface area (Å²) in [4.78, 5) is 23.1. The van der Waals surface area contributed by atoms with E-state index in [1.165, 1.54) is 0 Å². The number of nitrogens with two attached hydrogens (primary N) is 2. The fourth-order valence-electron chi connectivity index (χ4n) is 1.30. The van der Waals surface area contributed by atoms with Crippen LogP contribution in [0.4, 0.5) is 0 Å². The topological polar surface area (TPSA) is 103 Å². The highest BCUT2D eigenvalue weighted by molar-refractivity contribution is 8.13. The first-order valence-corrected chi connectivity index (χ1v) is 8.52. The molecule has 5 nitrogen and oxygen atoms in total. The Morgan fingerprint density at radius 3 is 2.50 bits per heavy atom. The summed E-state index contributed by atoms with van der Waals surface area (Å²) in [5, 5.41) is -1.16. The molecule has 1 unspecified atom stereocenters. The molecule has 0 spiro atoms. The predicted octanol–water partition coefficient (Wildman–Crippen LogP) is 0.388. The van der Waals surface area contributed by atoms with Crippen molar-refractivity contribution < 1.29 is 13.8 Å². The van der Waals surface area contributed by atoms with Crippen LogP contribution in [0.1, 0.15) is 32.1 Å². The van der Waals surface area contributed by atoms with Gasteiger partial charge in [-0.15, -0.1) is 0 Å². The molecule has 0 fully saturated rings. The summed E-state index contributed by atoms with van der Waals surface area (Å²) in [5.41, 5.74) is 10.9. The molecule has 0 rings (SSSR count). The number of rotatable bonds is 9. The lowest BCUT2D eigenvalue weighted by Gasteiger charge is -2.08. The molecule has 0 aromatic heterocycles. The summed E-state index contributed by atoms with van der Waals surface area (Å²) in [6.07, 6.45) is 4.78. The average Bonchev–Trinajstić information content (AvgIpc) is 2.38. The molecule has 18 heavy (non-hydrogen) atoms. The van der Waals surface area contributed by atoms with E-state index >= 15 is 0 Å². The largest absolute Gasteiger partial charge is 0.330 e. The van der Waals surface area contributed by atoms with E-state index in [-0.39, 0.29) is 6.42 Å². The molecular formula is C11H22N2O3S2. The smallest absolute Gasteiger partial charge is 0.243 e. The van der Waals surface area contributed by atoms with E-state index in [4.69, 9.17) is 11.5 Å². The summed E-state index contributed by atoms with van der Waals surface area (Å²) in [5.74, 6) is 0.717. The number of hydrogen-bond acceptors (Lipinski definition) is 6. The Morgan fingerprint density at radius 2 is 1.94 bits per heavy atom. The van der Waals surface area contributed by atoms with Gasteiger partial charge in [0.2, 0.25) is 10.2 Å². The van der Waals surface area contributed by atoms with E-state index in [9.17, 15) is 13.8 Å². The summed E-state index contributed by atoms with van der Waals surface area (Å²) >= 11 is 1.56. The first-order chi connectivity index (χ1) is 8.54. The molecule has 4 N–H and O–H groups in total. The van der Waals surface area contributed by atoms with Gasteiger partial charge in [-0.3, -0.25) is 9.59 Å². The third-order valence-electron chi connectivity index (χ3n) is 2.41. The predicted molar refractivity (Wildman–Crippen MR) is 76.7 cm³/mol. The zero-order chi connectivity index (χ0) is 14.0. The molecule has 0 heterocycles. The van der Waals surface area contributed by atoms with Crippen molar-refractivity contribution in [1.82, 2.24) is 0 Å². The Hall–Kier alpha value is -0.240. The number of carbonyl (C=O) groups excluding carboxylic acids is 2. The molecule has 0 amide bonds. The quantitative estimate of drug-likeness (QED) is 0.596. The number of thioether (sulfide) groups is 1. The lowest BCUT2D eigenvalue weighted by Crippen LogP contribution is -2.36. The van der Waals surface area contributed by atoms with E-state index in [0.717, 1.165) is 18.6 Å². The number of carbonyl (C=O) groups is 2. The molecule has 2 atom stereocenters. The van der Waals surface area contributed by atoms with Crippen molar-refractivity contribution in [3.8, 4) is 0 Å². The zero-order valence-electron chi connectivity index (χ0n) is 10.7. The highest BCUT2D eigenvalue weighted by Crippen LogP contribution is 2.06. The first-order valence-electron chi connectivity index (χ1n) is 5.97. The van der Waals surface area contributed by atoms with Crippen molar-refractivity contribution in [1.29, 1.82) is 0 Å². The summed E-state index contributed by atoms with van der Waals surface area (Å²) in [7, 11) is -2.09. The van der Waals surface area contributed by atoms with Gasteiger partial charge < -0.3 is 11.5 Å². The maximum Gasteiger partial charge on any atom is 0.243 e. The second-order valence-corrected chi connectivity index (χ2v) is 6.33. The van der Waals surface area contributed by atoms with Crippen LogP contribution in [-0.2, 0) is 20.4 Å². The Labute approximate surface area is 115 Å². The molecule has 0 saturated heterocycles. The molecule has 0 aliphatic heterocycles. The van der Waals surface area contributed by atoms with Gasteiger partial charge in [0.1, 0.15) is 0 Å². The monoisotopic (exact) mass is 294 g/mol. The van der Waals surface area contributed by atoms with Gasteiger partial charge in [-0.2, -0.15) is 11.8 Å². The van der Waals surface area contributed by atoms with E-state index in [0.29, 0.717) is 19.4 Å². The third kappa shape index (κ3) is 7.25. The fraction of sp³-hybridized carbons (Fsp3) is 0.818. The molecule has 0 radical (unpaired) electrons. The van der Waals surface area contributed by atoms with Crippen molar-refractivity contribution in [3.05, 3.63) is 0 Å². The van der Waals surface area contributed by atoms with E-state index in [2.05, 4.69) is 0 Å². The van der Waals surface area contributed by atoms with Crippen molar-refractivity contribution in [2.24, 2.45) is 11.5 Å². The van der Waals surface area contributed by atoms with E-state index < -0.39 is 27.1 Å². The molecule has 0 saturated carbocycles. The lowest BCUT2D eigenvalue weighted by atomic mass is 10.2. The molecule has 7 heteroatoms. The van der Waals surface area contributed by atoms with Crippen molar-refractivity contribution in [2.45, 2.75) is 38.1 Å². The molecular weight excluding hydrogens is 272 g/mol. The molecule has 106 valence electrons. The molecule has 0 bridgehead atoms. The van der Waals surface area contributed by atoms with Crippen LogP contribution in [0, 0.1) is 0 Å². The zero-order valence-corrected chi connectivity index (χ0v) is 12.4. The van der Waals surface area contributed by atoms with Gasteiger partial charge in [0.25, 0.3) is 0 Å². The Kier molecular flexibility index (Phi) is 10.5. The van der Waals surface area contributed by atoms with Crippen LogP contribution < -0.4 is 11.5 Å². The van der Waals surface area contributed by atoms with Crippen LogP contribution >= 0.6 is 11.8 Å². The summed E-state index contributed by atoms with van der Waals surface area (Å²) in [6.45, 7) is 0.579. The summed E-state index contributed by atoms with van der Waals surface area (Å²) in [6, 6.07) is -0.800. The van der Waals surface area contributed by atoms with Crippen LogP contribution in [0.2, 0.25) is 0 Å². The number of unbranched alkanes of at least 4 members (excludes halogenated alkanes) is 2. The minimum atomic E-state index is -2.09. The van der Waals surface area contributed by atoms with Crippen molar-refractivity contribution >= 4 is 32.8 Å². The summed E-state index contributed by atoms with van der Waals surface area (Å²) < 4.78 is 11.6. The first kappa shape index (κ1) is 17.8. The van der Waals surface area contributed by atoms with Crippen LogP contribution in [0.25, 0.3) is 0 Å². The van der Waals surface area contributed by atoms with Gasteiger partial charge in [-0.1, -0.05) is 6.42 Å². The van der Waals surface area contributed by atoms with Crippen LogP contribution in [0.5, 0.6) is 0 Å². The fourth-order valence-corrected chi connectivity index (χ4v) is 2.73. The van der Waals surface area contributed by atoms with Crippen LogP contribution in [0.15, 0.2) is 0 Å². The SMILES string of the molecule is CSCC[C@H](N)C(=O)S(=O)C(=O)CCCCCN. The minimum absolute atomic E-state index is 0.160. The van der Waals surface area contributed by atoms with Gasteiger partial charge in [0.05, 0.1) is 6.04 Å². The highest BCUT2D eigenvalue weighted by atomic mass is 32.2. The molecule has 0 aromatic carbocycles. The van der Waals surface area contributed by atoms with Gasteiger partial charge in [0.15, 0.2) is 10.8 Å². The molecule has 0 aromatic rings. The van der Waals surface area contributed by atoms with Gasteiger partial charge in [-0.25, -0.2) is 4.21 Å². The standard InChI is InChI=1S/C11H22N2O3S2/c1-17-8-6-9(13)11(15)18(16)10(14)5-3-2-4-7-12/h9H,2-8,12-13H2,1H3/t9-,18?/m0/s1. The normalized spacial score (nSPS) is 14.2. The van der Waals surface area contributed by atoms with Crippen molar-refractivity contribution in [2.75, 3.05) is 18.6 Å². The highest BCUT2D eigenvalue weighted by Gasteiger charge is 2.25. The van der Waals surface area contributed by atoms with Crippen LogP contribution in [0.3, 0.4) is 0 Å². The molecule has 0 aliphatic rings. The third-order valence-corrected chi connectivity index (χ3v) is 4.34. The maximum atomic E-state index is 11.6. The Balaban J connectivity index is 4.04. The second kappa shape index (κ2) is 10.7. The second-order valence-electron chi connectivity index (χ2n) is 3.95. The van der Waals surface area contributed by atoms with E-state index in [1.54, 1.807) is 11.8 Å². The van der Waals surface area contributed by atoms with Gasteiger partial charge in [0, 0.05) is 6.42 Å². The van der Waals surface area contributed by atoms with Gasteiger partial charge >= 0.3 is 0 Å². The maximum absolute atomic E-state index is 11.6. The van der Waals surface area contributed by atoms with Gasteiger partial charge in [-0.05, 0) is 37.8 Å². The number of hydrogen-bond donors (Lipinski definition) is 2. The minimum Gasteiger partial charge on any atom is -0.330 e. The Bertz CT molecular complexity index is 298. The Morgan fingerprint density at radius 1 is 1.28 bits per heavy atom. The lowest BCUT2D eigenvalue weighted by molar-refractivity contribution is -0.114. The van der Waals surface area contributed by atoms with E-state index in [1.807, 2.05) is 6.26 Å². The average molecular weight is 294 g/mol.